The summed E-state index contributed by atoms with van der Waals surface area (Å²) >= 11 is 0. The van der Waals surface area contributed by atoms with Crippen molar-refractivity contribution in [3.63, 3.8) is 0 Å². The number of aromatic hydroxyl groups is 1. The minimum Gasteiger partial charge on any atom is -0.507 e. The van der Waals surface area contributed by atoms with Gasteiger partial charge in [0.05, 0.1) is 14.2 Å². The number of hydrogen-bond acceptors (Lipinski definition) is 3. The second-order valence-corrected chi connectivity index (χ2v) is 4.34. The minimum absolute atomic E-state index is 0.180. The van der Waals surface area contributed by atoms with E-state index in [9.17, 15) is 5.11 Å². The highest BCUT2D eigenvalue weighted by atomic mass is 16.5. The van der Waals surface area contributed by atoms with E-state index in [1.54, 1.807) is 26.4 Å². The van der Waals surface area contributed by atoms with Gasteiger partial charge in [-0.1, -0.05) is 42.5 Å². The van der Waals surface area contributed by atoms with E-state index in [1.165, 1.54) is 0 Å². The van der Waals surface area contributed by atoms with Crippen LogP contribution in [0.1, 0.15) is 11.1 Å². The van der Waals surface area contributed by atoms with Crippen LogP contribution in [0.15, 0.2) is 48.5 Å². The number of rotatable bonds is 5. The van der Waals surface area contributed by atoms with Gasteiger partial charge < -0.3 is 14.6 Å². The average molecular weight is 270 g/mol. The maximum atomic E-state index is 10.0. The third kappa shape index (κ3) is 3.32. The molecule has 0 aromatic heterocycles. The quantitative estimate of drug-likeness (QED) is 0.901. The predicted octanol–water partition coefficient (Wildman–Crippen LogP) is 3.67. The summed E-state index contributed by atoms with van der Waals surface area (Å²) in [4.78, 5) is 0. The molecule has 0 amide bonds. The second kappa shape index (κ2) is 6.66. The Morgan fingerprint density at radius 1 is 1.05 bits per heavy atom. The fraction of sp³-hybridized carbons (Fsp3) is 0.176. The maximum Gasteiger partial charge on any atom is 0.129 e. The molecule has 1 N–H and O–H groups in total. The number of methoxy groups -OCH3 is 2. The molecule has 2 aromatic carbocycles. The molecule has 3 heteroatoms. The lowest BCUT2D eigenvalue weighted by Crippen LogP contribution is -1.93. The second-order valence-electron chi connectivity index (χ2n) is 4.34. The lowest BCUT2D eigenvalue weighted by molar-refractivity contribution is 0.380. The number of benzene rings is 2. The zero-order valence-corrected chi connectivity index (χ0v) is 11.7. The predicted molar refractivity (Wildman–Crippen MR) is 80.4 cm³/mol. The number of ether oxygens (including phenoxy) is 2. The van der Waals surface area contributed by atoms with E-state index >= 15 is 0 Å². The third-order valence-electron chi connectivity index (χ3n) is 3.05. The molecule has 0 saturated heterocycles. The van der Waals surface area contributed by atoms with Gasteiger partial charge in [0, 0.05) is 17.7 Å². The first-order valence-electron chi connectivity index (χ1n) is 6.40. The molecule has 0 aliphatic rings. The molecule has 104 valence electrons. The van der Waals surface area contributed by atoms with Gasteiger partial charge in [0.15, 0.2) is 0 Å². The summed E-state index contributed by atoms with van der Waals surface area (Å²) in [6.07, 6.45) is 4.61. The molecule has 0 unspecified atom stereocenters. The molecular formula is C17H18O3. The van der Waals surface area contributed by atoms with Gasteiger partial charge in [-0.3, -0.25) is 0 Å². The first-order valence-corrected chi connectivity index (χ1v) is 6.40. The molecule has 0 fully saturated rings. The van der Waals surface area contributed by atoms with Gasteiger partial charge in [-0.15, -0.1) is 0 Å². The Hall–Kier alpha value is -2.42. The lowest BCUT2D eigenvalue weighted by Gasteiger charge is -2.11. The summed E-state index contributed by atoms with van der Waals surface area (Å²) in [5.41, 5.74) is 1.87. The van der Waals surface area contributed by atoms with Crippen LogP contribution in [0.25, 0.3) is 6.08 Å². The smallest absolute Gasteiger partial charge is 0.129 e. The van der Waals surface area contributed by atoms with Gasteiger partial charge in [-0.05, 0) is 12.0 Å². The summed E-state index contributed by atoms with van der Waals surface area (Å²) in [6, 6.07) is 13.4. The summed E-state index contributed by atoms with van der Waals surface area (Å²) in [5, 5.41) is 10.0. The minimum atomic E-state index is 0.180. The molecule has 0 atom stereocenters. The molecule has 20 heavy (non-hydrogen) atoms. The van der Waals surface area contributed by atoms with Gasteiger partial charge >= 0.3 is 0 Å². The highest BCUT2D eigenvalue weighted by Crippen LogP contribution is 2.33. The van der Waals surface area contributed by atoms with Gasteiger partial charge in [0.1, 0.15) is 17.2 Å². The SMILES string of the molecule is COc1cc(O)c(C/C=C/c2ccccc2)c(OC)c1. The van der Waals surface area contributed by atoms with Crippen molar-refractivity contribution in [3.8, 4) is 17.2 Å². The average Bonchev–Trinajstić information content (AvgIpc) is 2.49. The molecule has 3 nitrogen and oxygen atoms in total. The van der Waals surface area contributed by atoms with Gasteiger partial charge in [-0.2, -0.15) is 0 Å². The molecule has 2 rings (SSSR count). The van der Waals surface area contributed by atoms with Gasteiger partial charge in [0.2, 0.25) is 0 Å². The maximum absolute atomic E-state index is 10.0. The Balaban J connectivity index is 2.19. The zero-order valence-electron chi connectivity index (χ0n) is 11.7. The Morgan fingerprint density at radius 2 is 1.80 bits per heavy atom. The van der Waals surface area contributed by atoms with E-state index in [0.717, 1.165) is 11.1 Å². The zero-order chi connectivity index (χ0) is 14.4. The van der Waals surface area contributed by atoms with Crippen molar-refractivity contribution in [2.75, 3.05) is 14.2 Å². The summed E-state index contributed by atoms with van der Waals surface area (Å²) in [6.45, 7) is 0. The summed E-state index contributed by atoms with van der Waals surface area (Å²) in [7, 11) is 3.14. The highest BCUT2D eigenvalue weighted by molar-refractivity contribution is 5.54. The van der Waals surface area contributed by atoms with Crippen LogP contribution >= 0.6 is 0 Å². The number of allylic oxidation sites excluding steroid dienone is 1. The molecule has 0 heterocycles. The van der Waals surface area contributed by atoms with E-state index in [-0.39, 0.29) is 5.75 Å². The Kier molecular flexibility index (Phi) is 4.66. The molecular weight excluding hydrogens is 252 g/mol. The Morgan fingerprint density at radius 3 is 2.45 bits per heavy atom. The molecule has 2 aromatic rings. The normalized spacial score (nSPS) is 10.7. The van der Waals surface area contributed by atoms with Crippen LogP contribution in [-0.4, -0.2) is 19.3 Å². The van der Waals surface area contributed by atoms with E-state index < -0.39 is 0 Å². The molecule has 0 bridgehead atoms. The van der Waals surface area contributed by atoms with Crippen LogP contribution in [0, 0.1) is 0 Å². The van der Waals surface area contributed by atoms with E-state index in [0.29, 0.717) is 17.9 Å². The summed E-state index contributed by atoms with van der Waals surface area (Å²) in [5.74, 6) is 1.38. The molecule has 0 aliphatic heterocycles. The van der Waals surface area contributed by atoms with Crippen LogP contribution in [-0.2, 0) is 6.42 Å². The number of phenolic OH excluding ortho intramolecular Hbond substituents is 1. The van der Waals surface area contributed by atoms with Gasteiger partial charge in [-0.25, -0.2) is 0 Å². The molecule has 0 aliphatic carbocycles. The number of phenols is 1. The van der Waals surface area contributed by atoms with Crippen LogP contribution < -0.4 is 9.47 Å². The van der Waals surface area contributed by atoms with Crippen LogP contribution in [0.3, 0.4) is 0 Å². The monoisotopic (exact) mass is 270 g/mol. The van der Waals surface area contributed by atoms with Crippen molar-refractivity contribution in [2.24, 2.45) is 0 Å². The van der Waals surface area contributed by atoms with Crippen molar-refractivity contribution in [1.29, 1.82) is 0 Å². The topological polar surface area (TPSA) is 38.7 Å². The van der Waals surface area contributed by atoms with E-state index in [1.807, 2.05) is 42.5 Å². The fourth-order valence-electron chi connectivity index (χ4n) is 1.99. The van der Waals surface area contributed by atoms with Crippen molar-refractivity contribution in [1.82, 2.24) is 0 Å². The lowest BCUT2D eigenvalue weighted by atomic mass is 10.1. The van der Waals surface area contributed by atoms with Crippen molar-refractivity contribution >= 4 is 6.08 Å². The molecule has 0 spiro atoms. The standard InChI is InChI=1S/C17H18O3/c1-19-14-11-16(18)15(17(12-14)20-2)10-6-9-13-7-4-3-5-8-13/h3-9,11-12,18H,10H2,1-2H3/b9-6+. The number of hydrogen-bond donors (Lipinski definition) is 1. The molecule has 0 radical (unpaired) electrons. The van der Waals surface area contributed by atoms with E-state index in [4.69, 9.17) is 9.47 Å². The first kappa shape index (κ1) is 14.0. The highest BCUT2D eigenvalue weighted by Gasteiger charge is 2.10. The van der Waals surface area contributed by atoms with Crippen LogP contribution in [0.5, 0.6) is 17.2 Å². The van der Waals surface area contributed by atoms with Crippen molar-refractivity contribution < 1.29 is 14.6 Å². The first-order chi connectivity index (χ1) is 9.74. The Bertz CT molecular complexity index is 589. The largest absolute Gasteiger partial charge is 0.507 e. The van der Waals surface area contributed by atoms with E-state index in [2.05, 4.69) is 0 Å². The fourth-order valence-corrected chi connectivity index (χ4v) is 1.99. The van der Waals surface area contributed by atoms with Gasteiger partial charge in [0.25, 0.3) is 0 Å². The Labute approximate surface area is 119 Å². The molecule has 0 saturated carbocycles. The van der Waals surface area contributed by atoms with Crippen molar-refractivity contribution in [2.45, 2.75) is 6.42 Å². The van der Waals surface area contributed by atoms with Crippen LogP contribution in [0.4, 0.5) is 0 Å². The van der Waals surface area contributed by atoms with Crippen LogP contribution in [0.2, 0.25) is 0 Å². The summed E-state index contributed by atoms with van der Waals surface area (Å²) < 4.78 is 10.4. The third-order valence-corrected chi connectivity index (χ3v) is 3.05. The van der Waals surface area contributed by atoms with Crippen molar-refractivity contribution in [3.05, 3.63) is 59.7 Å².